The highest BCUT2D eigenvalue weighted by Gasteiger charge is 2.33. The van der Waals surface area contributed by atoms with E-state index in [0.717, 1.165) is 13.1 Å². The first-order valence-corrected chi connectivity index (χ1v) is 8.65. The molecule has 0 fully saturated rings. The second-order valence-electron chi connectivity index (χ2n) is 6.50. The van der Waals surface area contributed by atoms with Gasteiger partial charge in [-0.1, -0.05) is 0 Å². The van der Waals surface area contributed by atoms with Crippen molar-refractivity contribution >= 4 is 11.6 Å². The summed E-state index contributed by atoms with van der Waals surface area (Å²) >= 11 is 0. The predicted octanol–water partition coefficient (Wildman–Crippen LogP) is 3.09. The van der Waals surface area contributed by atoms with Crippen LogP contribution in [0.25, 0.3) is 11.3 Å². The molecule has 0 saturated carbocycles. The summed E-state index contributed by atoms with van der Waals surface area (Å²) in [5.41, 5.74) is 2.53. The third-order valence-electron chi connectivity index (χ3n) is 4.57. The summed E-state index contributed by atoms with van der Waals surface area (Å²) in [5.74, 6) is 0.491. The lowest BCUT2D eigenvalue weighted by Gasteiger charge is -2.13. The zero-order valence-corrected chi connectivity index (χ0v) is 15.9. The van der Waals surface area contributed by atoms with Crippen molar-refractivity contribution in [3.05, 3.63) is 48.0 Å². The van der Waals surface area contributed by atoms with Gasteiger partial charge in [-0.15, -0.1) is 0 Å². The van der Waals surface area contributed by atoms with Crippen LogP contribution < -0.4 is 14.4 Å². The van der Waals surface area contributed by atoms with Crippen molar-refractivity contribution in [2.24, 2.45) is 0 Å². The highest BCUT2D eigenvalue weighted by atomic mass is 19.3. The fourth-order valence-electron chi connectivity index (χ4n) is 3.09. The molecule has 1 amide bonds. The molecule has 0 spiro atoms. The highest BCUT2D eigenvalue weighted by molar-refractivity contribution is 6.09. The molecule has 3 aromatic rings. The van der Waals surface area contributed by atoms with Crippen LogP contribution in [0.4, 0.5) is 14.5 Å². The Morgan fingerprint density at radius 3 is 2.62 bits per heavy atom. The molecular weight excluding hydrogens is 384 g/mol. The Balaban J connectivity index is 1.65. The number of halogens is 2. The van der Waals surface area contributed by atoms with E-state index in [4.69, 9.17) is 9.47 Å². The van der Waals surface area contributed by atoms with Crippen molar-refractivity contribution in [3.8, 4) is 22.9 Å². The number of fused-ring (bicyclic) bond motifs is 1. The average molecular weight is 401 g/mol. The molecule has 0 atom stereocenters. The molecule has 1 aliphatic rings. The quantitative estimate of drug-likeness (QED) is 0.654. The van der Waals surface area contributed by atoms with Gasteiger partial charge in [0.2, 0.25) is 0 Å². The van der Waals surface area contributed by atoms with Crippen molar-refractivity contribution in [2.75, 3.05) is 19.1 Å². The number of pyridine rings is 2. The van der Waals surface area contributed by atoms with Gasteiger partial charge < -0.3 is 9.47 Å². The van der Waals surface area contributed by atoms with E-state index in [-0.39, 0.29) is 18.1 Å². The molecular formula is C19H17F2N5O3. The number of carbonyl (C=O) groups is 1. The first-order valence-electron chi connectivity index (χ1n) is 8.65. The van der Waals surface area contributed by atoms with Gasteiger partial charge in [0.15, 0.2) is 5.75 Å². The third-order valence-corrected chi connectivity index (χ3v) is 4.57. The van der Waals surface area contributed by atoms with Crippen molar-refractivity contribution in [2.45, 2.75) is 19.5 Å². The number of rotatable bonds is 5. The molecule has 0 saturated heterocycles. The average Bonchev–Trinajstić information content (AvgIpc) is 3.32. The van der Waals surface area contributed by atoms with E-state index in [9.17, 15) is 13.6 Å². The Kier molecular flexibility index (Phi) is 4.40. The van der Waals surface area contributed by atoms with Crippen LogP contribution in [0.3, 0.4) is 0 Å². The lowest BCUT2D eigenvalue weighted by Crippen LogP contribution is -2.23. The number of nitrogens with zero attached hydrogens (tertiary/aromatic N) is 5. The van der Waals surface area contributed by atoms with E-state index in [1.807, 2.05) is 0 Å². The fourth-order valence-corrected chi connectivity index (χ4v) is 3.09. The molecule has 29 heavy (non-hydrogen) atoms. The molecule has 10 heteroatoms. The molecule has 0 unspecified atom stereocenters. The van der Waals surface area contributed by atoms with Gasteiger partial charge in [-0.3, -0.25) is 14.7 Å². The van der Waals surface area contributed by atoms with Crippen LogP contribution in [0.5, 0.6) is 11.6 Å². The fraction of sp³-hybridized carbons (Fsp3) is 0.263. The van der Waals surface area contributed by atoms with Crippen molar-refractivity contribution in [1.82, 2.24) is 19.7 Å². The molecule has 0 aliphatic carbocycles. The second kappa shape index (κ2) is 6.80. The molecule has 0 N–H and O–H groups in total. The molecule has 1 aliphatic heterocycles. The van der Waals surface area contributed by atoms with E-state index < -0.39 is 6.05 Å². The summed E-state index contributed by atoms with van der Waals surface area (Å²) in [5, 5.41) is 3.65. The van der Waals surface area contributed by atoms with Gasteiger partial charge in [-0.05, 0) is 18.2 Å². The number of alkyl halides is 2. The number of hydrogen-bond donors (Lipinski definition) is 0. The zero-order chi connectivity index (χ0) is 20.8. The molecule has 4 heterocycles. The normalized spacial score (nSPS) is 13.6. The number of ether oxygens (including phenoxy) is 2. The minimum Gasteiger partial charge on any atom is -0.491 e. The van der Waals surface area contributed by atoms with Gasteiger partial charge in [-0.2, -0.15) is 13.9 Å². The summed E-state index contributed by atoms with van der Waals surface area (Å²) in [6.45, 7) is 0.888. The van der Waals surface area contributed by atoms with Crippen LogP contribution in [-0.4, -0.2) is 39.9 Å². The number of anilines is 1. The summed E-state index contributed by atoms with van der Waals surface area (Å²) in [6.07, 6.45) is 3.97. The molecule has 150 valence electrons. The van der Waals surface area contributed by atoms with Gasteiger partial charge in [0, 0.05) is 18.7 Å². The minimum atomic E-state index is -3.15. The second-order valence-corrected chi connectivity index (χ2v) is 6.50. The van der Waals surface area contributed by atoms with E-state index in [1.165, 1.54) is 25.3 Å². The molecule has 8 nitrogen and oxygen atoms in total. The largest absolute Gasteiger partial charge is 0.491 e. The third kappa shape index (κ3) is 3.26. The van der Waals surface area contributed by atoms with Crippen molar-refractivity contribution in [1.29, 1.82) is 0 Å². The van der Waals surface area contributed by atoms with Crippen LogP contribution in [0.15, 0.2) is 36.8 Å². The Morgan fingerprint density at radius 2 is 1.97 bits per heavy atom. The van der Waals surface area contributed by atoms with Gasteiger partial charge in [0.25, 0.3) is 11.8 Å². The predicted molar refractivity (Wildman–Crippen MR) is 99.2 cm³/mol. The summed E-state index contributed by atoms with van der Waals surface area (Å²) in [7, 11) is 3.00. The van der Waals surface area contributed by atoms with Crippen LogP contribution in [0.1, 0.15) is 23.0 Å². The monoisotopic (exact) mass is 401 g/mol. The number of aromatic nitrogens is 4. The molecule has 0 bridgehead atoms. The lowest BCUT2D eigenvalue weighted by molar-refractivity contribution is -0.0723. The highest BCUT2D eigenvalue weighted by Crippen LogP contribution is 2.33. The Hall–Kier alpha value is -3.56. The minimum absolute atomic E-state index is 0.156. The maximum atomic E-state index is 13.4. The standard InChI is InChI=1S/C19H17F2N5O3/c1-19(20,21)26-9-12(8-23-26)25-10-15-13(18(25)27)4-5-14(24-15)11-6-16(28-2)17(29-3)22-7-11/h4-9H,10H2,1-3H3. The van der Waals surface area contributed by atoms with Crippen LogP contribution >= 0.6 is 0 Å². The maximum Gasteiger partial charge on any atom is 0.340 e. The van der Waals surface area contributed by atoms with E-state index in [1.54, 1.807) is 24.4 Å². The van der Waals surface area contributed by atoms with E-state index >= 15 is 0 Å². The molecule has 0 radical (unpaired) electrons. The summed E-state index contributed by atoms with van der Waals surface area (Å²) < 4.78 is 37.8. The Morgan fingerprint density at radius 1 is 1.17 bits per heavy atom. The van der Waals surface area contributed by atoms with Gasteiger partial charge in [-0.25, -0.2) is 9.67 Å². The molecule has 0 aromatic carbocycles. The number of amides is 1. The van der Waals surface area contributed by atoms with Crippen LogP contribution in [0, 0.1) is 0 Å². The zero-order valence-electron chi connectivity index (χ0n) is 15.9. The Labute approximate surface area is 164 Å². The Bertz CT molecular complexity index is 1090. The van der Waals surface area contributed by atoms with E-state index in [0.29, 0.717) is 38.8 Å². The van der Waals surface area contributed by atoms with Crippen molar-refractivity contribution in [3.63, 3.8) is 0 Å². The van der Waals surface area contributed by atoms with Gasteiger partial charge >= 0.3 is 6.05 Å². The van der Waals surface area contributed by atoms with E-state index in [2.05, 4.69) is 15.1 Å². The van der Waals surface area contributed by atoms with Crippen LogP contribution in [-0.2, 0) is 12.6 Å². The molecule has 4 rings (SSSR count). The van der Waals surface area contributed by atoms with Gasteiger partial charge in [0.05, 0.1) is 55.8 Å². The maximum absolute atomic E-state index is 13.4. The lowest BCUT2D eigenvalue weighted by atomic mass is 10.1. The van der Waals surface area contributed by atoms with Crippen LogP contribution in [0.2, 0.25) is 0 Å². The number of methoxy groups -OCH3 is 2. The number of hydrogen-bond acceptors (Lipinski definition) is 6. The first kappa shape index (κ1) is 18.8. The summed E-state index contributed by atoms with van der Waals surface area (Å²) in [4.78, 5) is 22.8. The van der Waals surface area contributed by atoms with Crippen molar-refractivity contribution < 1.29 is 23.0 Å². The number of carbonyl (C=O) groups excluding carboxylic acids is 1. The topological polar surface area (TPSA) is 82.4 Å². The smallest absolute Gasteiger partial charge is 0.340 e. The summed E-state index contributed by atoms with van der Waals surface area (Å²) in [6, 6.07) is 1.95. The first-order chi connectivity index (χ1) is 13.8. The van der Waals surface area contributed by atoms with Gasteiger partial charge in [0.1, 0.15) is 0 Å². The molecule has 3 aromatic heterocycles. The SMILES string of the molecule is COc1cc(-c2ccc3c(n2)CN(c2cnn(C(C)(F)F)c2)C3=O)cnc1OC.